The van der Waals surface area contributed by atoms with E-state index in [1.54, 1.807) is 0 Å². The van der Waals surface area contributed by atoms with Crippen LogP contribution in [0.2, 0.25) is 5.02 Å². The molecule has 0 aliphatic heterocycles. The third-order valence-corrected chi connectivity index (χ3v) is 3.28. The molecule has 0 radical (unpaired) electrons. The van der Waals surface area contributed by atoms with Gasteiger partial charge in [0, 0.05) is 17.8 Å². The van der Waals surface area contributed by atoms with Gasteiger partial charge < -0.3 is 5.32 Å². The molecule has 96 valence electrons. The molecule has 0 bridgehead atoms. The topological polar surface area (TPSA) is 29.9 Å². The van der Waals surface area contributed by atoms with Crippen molar-refractivity contribution in [2.45, 2.75) is 26.8 Å². The fourth-order valence-electron chi connectivity index (χ4n) is 1.88. The molecule has 4 heteroatoms. The highest BCUT2D eigenvalue weighted by Crippen LogP contribution is 2.20. The van der Waals surface area contributed by atoms with Gasteiger partial charge in [0.2, 0.25) is 0 Å². The maximum Gasteiger partial charge on any atom is 0.0625 e. The molecule has 1 heterocycles. The summed E-state index contributed by atoms with van der Waals surface area (Å²) in [6.07, 6.45) is 0.962. The summed E-state index contributed by atoms with van der Waals surface area (Å²) >= 11 is 6.00. The largest absolute Gasteiger partial charge is 0.379 e. The molecule has 0 fully saturated rings. The van der Waals surface area contributed by atoms with Crippen LogP contribution in [0.4, 0.5) is 5.69 Å². The summed E-state index contributed by atoms with van der Waals surface area (Å²) in [5.41, 5.74) is 4.56. The van der Waals surface area contributed by atoms with Gasteiger partial charge in [0.15, 0.2) is 0 Å². The molecule has 2 aromatic rings. The number of hydrogen-bond donors (Lipinski definition) is 1. The lowest BCUT2D eigenvalue weighted by molar-refractivity contribution is 0.707. The molecular weight excluding hydrogens is 246 g/mol. The number of nitrogens with one attached hydrogen (secondary N) is 1. The van der Waals surface area contributed by atoms with E-state index in [1.807, 2.05) is 29.9 Å². The maximum absolute atomic E-state index is 6.00. The van der Waals surface area contributed by atoms with Gasteiger partial charge in [-0.1, -0.05) is 24.6 Å². The van der Waals surface area contributed by atoms with Crippen LogP contribution >= 0.6 is 11.6 Å². The fraction of sp³-hybridized carbons (Fsp3) is 0.357. The molecule has 0 atom stereocenters. The normalized spacial score (nSPS) is 10.7. The van der Waals surface area contributed by atoms with Crippen molar-refractivity contribution in [1.82, 2.24) is 9.78 Å². The molecule has 0 amide bonds. The molecule has 0 aliphatic rings. The Balaban J connectivity index is 2.11. The van der Waals surface area contributed by atoms with Crippen molar-refractivity contribution >= 4 is 17.3 Å². The summed E-state index contributed by atoms with van der Waals surface area (Å²) in [7, 11) is 1.97. The van der Waals surface area contributed by atoms with E-state index in [4.69, 9.17) is 11.6 Å². The van der Waals surface area contributed by atoms with Crippen LogP contribution in [0.15, 0.2) is 24.3 Å². The van der Waals surface area contributed by atoms with E-state index in [0.29, 0.717) is 0 Å². The van der Waals surface area contributed by atoms with Gasteiger partial charge in [-0.3, -0.25) is 4.68 Å². The highest BCUT2D eigenvalue weighted by molar-refractivity contribution is 6.30. The predicted molar refractivity (Wildman–Crippen MR) is 76.1 cm³/mol. The van der Waals surface area contributed by atoms with Gasteiger partial charge in [-0.25, -0.2) is 0 Å². The van der Waals surface area contributed by atoms with Crippen molar-refractivity contribution in [3.8, 4) is 0 Å². The molecule has 0 spiro atoms. The first-order valence-electron chi connectivity index (χ1n) is 6.12. The minimum atomic E-state index is 0.752. The SMILES string of the molecule is CCc1cc(CNc2cc(Cl)ccc2C)n(C)n1. The maximum atomic E-state index is 6.00. The average Bonchev–Trinajstić information content (AvgIpc) is 2.71. The van der Waals surface area contributed by atoms with Crippen molar-refractivity contribution < 1.29 is 0 Å². The van der Waals surface area contributed by atoms with E-state index in [9.17, 15) is 0 Å². The van der Waals surface area contributed by atoms with Crippen LogP contribution in [0, 0.1) is 6.92 Å². The quantitative estimate of drug-likeness (QED) is 0.914. The second-order valence-corrected chi connectivity index (χ2v) is 4.85. The first-order valence-corrected chi connectivity index (χ1v) is 6.49. The Kier molecular flexibility index (Phi) is 3.92. The third kappa shape index (κ3) is 2.85. The van der Waals surface area contributed by atoms with Gasteiger partial charge in [0.25, 0.3) is 0 Å². The van der Waals surface area contributed by atoms with Crippen molar-refractivity contribution in [3.05, 3.63) is 46.2 Å². The summed E-state index contributed by atoms with van der Waals surface area (Å²) in [5.74, 6) is 0. The fourth-order valence-corrected chi connectivity index (χ4v) is 2.05. The molecule has 0 unspecified atom stereocenters. The number of rotatable bonds is 4. The number of aryl methyl sites for hydroxylation is 3. The Morgan fingerprint density at radius 3 is 2.78 bits per heavy atom. The Morgan fingerprint density at radius 1 is 1.33 bits per heavy atom. The third-order valence-electron chi connectivity index (χ3n) is 3.05. The number of hydrogen-bond acceptors (Lipinski definition) is 2. The molecule has 18 heavy (non-hydrogen) atoms. The Labute approximate surface area is 113 Å². The lowest BCUT2D eigenvalue weighted by Gasteiger charge is -2.09. The second kappa shape index (κ2) is 5.44. The lowest BCUT2D eigenvalue weighted by Crippen LogP contribution is -2.06. The van der Waals surface area contributed by atoms with E-state index in [0.717, 1.165) is 29.4 Å². The first kappa shape index (κ1) is 13.0. The van der Waals surface area contributed by atoms with Crippen molar-refractivity contribution in [2.75, 3.05) is 5.32 Å². The Bertz CT molecular complexity index is 546. The molecule has 0 aliphatic carbocycles. The Hall–Kier alpha value is -1.48. The highest BCUT2D eigenvalue weighted by atomic mass is 35.5. The zero-order valence-electron chi connectivity index (χ0n) is 11.0. The molecule has 0 saturated carbocycles. The standard InChI is InChI=1S/C14H18ClN3/c1-4-12-8-13(18(3)17-12)9-16-14-7-11(15)6-5-10(14)2/h5-8,16H,4,9H2,1-3H3. The van der Waals surface area contributed by atoms with Gasteiger partial charge in [-0.05, 0) is 37.1 Å². The summed E-state index contributed by atoms with van der Waals surface area (Å²) < 4.78 is 1.92. The van der Waals surface area contributed by atoms with Gasteiger partial charge >= 0.3 is 0 Å². The molecular formula is C14H18ClN3. The summed E-state index contributed by atoms with van der Waals surface area (Å²) in [4.78, 5) is 0. The molecule has 1 aromatic carbocycles. The van der Waals surface area contributed by atoms with E-state index in [-0.39, 0.29) is 0 Å². The predicted octanol–water partition coefficient (Wildman–Crippen LogP) is 3.56. The van der Waals surface area contributed by atoms with E-state index in [1.165, 1.54) is 11.3 Å². The van der Waals surface area contributed by atoms with Crippen LogP contribution in [0.5, 0.6) is 0 Å². The zero-order valence-corrected chi connectivity index (χ0v) is 11.8. The molecule has 1 N–H and O–H groups in total. The summed E-state index contributed by atoms with van der Waals surface area (Å²) in [6.45, 7) is 4.94. The molecule has 1 aromatic heterocycles. The van der Waals surface area contributed by atoms with Gasteiger partial charge in [-0.2, -0.15) is 5.10 Å². The number of anilines is 1. The number of nitrogens with zero attached hydrogens (tertiary/aromatic N) is 2. The van der Waals surface area contributed by atoms with Crippen LogP contribution < -0.4 is 5.32 Å². The average molecular weight is 264 g/mol. The van der Waals surface area contributed by atoms with Crippen molar-refractivity contribution in [1.29, 1.82) is 0 Å². The number of aromatic nitrogens is 2. The Morgan fingerprint density at radius 2 is 2.11 bits per heavy atom. The summed E-state index contributed by atoms with van der Waals surface area (Å²) in [5, 5.41) is 8.59. The lowest BCUT2D eigenvalue weighted by atomic mass is 10.2. The van der Waals surface area contributed by atoms with Gasteiger partial charge in [-0.15, -0.1) is 0 Å². The van der Waals surface area contributed by atoms with Crippen LogP contribution in [0.3, 0.4) is 0 Å². The van der Waals surface area contributed by atoms with E-state index in [2.05, 4.69) is 30.3 Å². The smallest absolute Gasteiger partial charge is 0.0625 e. The first-order chi connectivity index (χ1) is 8.60. The second-order valence-electron chi connectivity index (χ2n) is 4.42. The van der Waals surface area contributed by atoms with Crippen molar-refractivity contribution in [3.63, 3.8) is 0 Å². The molecule has 3 nitrogen and oxygen atoms in total. The number of benzene rings is 1. The summed E-state index contributed by atoms with van der Waals surface area (Å²) in [6, 6.07) is 8.01. The number of halogens is 1. The zero-order chi connectivity index (χ0) is 13.1. The minimum absolute atomic E-state index is 0.752. The molecule has 0 saturated heterocycles. The van der Waals surface area contributed by atoms with Gasteiger partial charge in [0.1, 0.15) is 0 Å². The highest BCUT2D eigenvalue weighted by Gasteiger charge is 2.04. The monoisotopic (exact) mass is 263 g/mol. The van der Waals surface area contributed by atoms with E-state index < -0.39 is 0 Å². The van der Waals surface area contributed by atoms with Crippen LogP contribution in [-0.2, 0) is 20.0 Å². The van der Waals surface area contributed by atoms with Crippen LogP contribution in [0.25, 0.3) is 0 Å². The van der Waals surface area contributed by atoms with Crippen LogP contribution in [0.1, 0.15) is 23.9 Å². The van der Waals surface area contributed by atoms with E-state index >= 15 is 0 Å². The minimum Gasteiger partial charge on any atom is -0.379 e. The van der Waals surface area contributed by atoms with Crippen LogP contribution in [-0.4, -0.2) is 9.78 Å². The van der Waals surface area contributed by atoms with Crippen molar-refractivity contribution in [2.24, 2.45) is 7.05 Å². The van der Waals surface area contributed by atoms with Gasteiger partial charge in [0.05, 0.1) is 17.9 Å². The molecule has 2 rings (SSSR count).